The minimum atomic E-state index is -0.485. The largest absolute Gasteiger partial charge is 0.497 e. The van der Waals surface area contributed by atoms with Crippen LogP contribution in [0, 0.1) is 0 Å². The van der Waals surface area contributed by atoms with Crippen molar-refractivity contribution in [1.82, 2.24) is 9.97 Å². The molecule has 108 valence electrons. The van der Waals surface area contributed by atoms with E-state index in [0.717, 1.165) is 22.9 Å². The van der Waals surface area contributed by atoms with E-state index >= 15 is 0 Å². The van der Waals surface area contributed by atoms with Gasteiger partial charge in [0.25, 0.3) is 0 Å². The highest BCUT2D eigenvalue weighted by Gasteiger charge is 2.51. The van der Waals surface area contributed by atoms with E-state index in [9.17, 15) is 4.79 Å². The summed E-state index contributed by atoms with van der Waals surface area (Å²) in [5.74, 6) is 1.10. The van der Waals surface area contributed by atoms with Gasteiger partial charge in [-0.05, 0) is 46.5 Å². The Labute approximate surface area is 130 Å². The van der Waals surface area contributed by atoms with E-state index in [0.29, 0.717) is 11.6 Å². The first kappa shape index (κ1) is 14.0. The molecule has 0 bridgehead atoms. The van der Waals surface area contributed by atoms with Gasteiger partial charge in [-0.3, -0.25) is 9.78 Å². The first-order chi connectivity index (χ1) is 10.1. The third-order valence-corrected chi connectivity index (χ3v) is 4.08. The molecule has 2 aromatic heterocycles. The number of anilines is 1. The first-order valence-corrected chi connectivity index (χ1v) is 7.36. The van der Waals surface area contributed by atoms with Gasteiger partial charge < -0.3 is 10.1 Å². The molecule has 1 aliphatic rings. The van der Waals surface area contributed by atoms with Gasteiger partial charge in [0.05, 0.1) is 12.5 Å². The number of nitrogens with zero attached hydrogens (tertiary/aromatic N) is 2. The molecule has 1 aliphatic carbocycles. The molecule has 6 heteroatoms. The molecule has 2 heterocycles. The normalized spacial score (nSPS) is 15.3. The number of methoxy groups -OCH3 is 1. The second-order valence-electron chi connectivity index (χ2n) is 5.01. The highest BCUT2D eigenvalue weighted by Crippen LogP contribution is 2.49. The van der Waals surface area contributed by atoms with Crippen LogP contribution in [0.1, 0.15) is 18.4 Å². The maximum atomic E-state index is 12.6. The Balaban J connectivity index is 1.82. The molecular weight excluding hydrogens is 334 g/mol. The molecule has 1 fully saturated rings. The summed E-state index contributed by atoms with van der Waals surface area (Å²) in [5, 5.41) is 2.86. The number of amides is 1. The Morgan fingerprint density at radius 3 is 2.86 bits per heavy atom. The molecule has 5 nitrogen and oxygen atoms in total. The minimum Gasteiger partial charge on any atom is -0.497 e. The molecule has 0 spiro atoms. The fourth-order valence-corrected chi connectivity index (χ4v) is 2.65. The number of nitrogens with one attached hydrogen (secondary N) is 1. The third kappa shape index (κ3) is 2.76. The monoisotopic (exact) mass is 347 g/mol. The van der Waals surface area contributed by atoms with Gasteiger partial charge >= 0.3 is 0 Å². The quantitative estimate of drug-likeness (QED) is 0.923. The van der Waals surface area contributed by atoms with Crippen molar-refractivity contribution in [1.29, 1.82) is 0 Å². The zero-order chi connectivity index (χ0) is 14.9. The molecule has 21 heavy (non-hydrogen) atoms. The van der Waals surface area contributed by atoms with Crippen LogP contribution in [0.4, 0.5) is 5.82 Å². The van der Waals surface area contributed by atoms with Crippen molar-refractivity contribution in [2.45, 2.75) is 18.3 Å². The fourth-order valence-electron chi connectivity index (χ4n) is 2.29. The standard InChI is InChI=1S/C15H14BrN3O2/c1-21-12-2-5-18-13(7-12)19-14(20)15(3-4-15)10-6-11(16)9-17-8-10/h2,5-9H,3-4H2,1H3,(H,18,19,20). The number of halogens is 1. The van der Waals surface area contributed by atoms with Crippen molar-refractivity contribution in [2.75, 3.05) is 12.4 Å². The van der Waals surface area contributed by atoms with Gasteiger partial charge in [-0.25, -0.2) is 4.98 Å². The van der Waals surface area contributed by atoms with Crippen molar-refractivity contribution >= 4 is 27.7 Å². The van der Waals surface area contributed by atoms with Gasteiger partial charge in [-0.15, -0.1) is 0 Å². The van der Waals surface area contributed by atoms with Crippen LogP contribution < -0.4 is 10.1 Å². The van der Waals surface area contributed by atoms with Crippen molar-refractivity contribution < 1.29 is 9.53 Å². The number of hydrogen-bond donors (Lipinski definition) is 1. The average molecular weight is 348 g/mol. The van der Waals surface area contributed by atoms with E-state index < -0.39 is 5.41 Å². The van der Waals surface area contributed by atoms with Crippen LogP contribution in [-0.2, 0) is 10.2 Å². The maximum absolute atomic E-state index is 12.6. The molecule has 0 radical (unpaired) electrons. The van der Waals surface area contributed by atoms with Crippen LogP contribution in [0.25, 0.3) is 0 Å². The Bertz CT molecular complexity index is 686. The molecule has 1 saturated carbocycles. The summed E-state index contributed by atoms with van der Waals surface area (Å²) in [4.78, 5) is 20.9. The second-order valence-corrected chi connectivity index (χ2v) is 5.92. The highest BCUT2D eigenvalue weighted by molar-refractivity contribution is 9.10. The van der Waals surface area contributed by atoms with Crippen LogP contribution in [0.3, 0.4) is 0 Å². The van der Waals surface area contributed by atoms with Crippen LogP contribution >= 0.6 is 15.9 Å². The molecule has 1 N–H and O–H groups in total. The Morgan fingerprint density at radius 1 is 1.38 bits per heavy atom. The van der Waals surface area contributed by atoms with Gasteiger partial charge in [0, 0.05) is 29.1 Å². The summed E-state index contributed by atoms with van der Waals surface area (Å²) in [7, 11) is 1.58. The molecular formula is C15H14BrN3O2. The molecule has 2 aromatic rings. The zero-order valence-electron chi connectivity index (χ0n) is 11.5. The summed E-state index contributed by atoms with van der Waals surface area (Å²) >= 11 is 3.39. The van der Waals surface area contributed by atoms with Crippen LogP contribution in [0.2, 0.25) is 0 Å². The number of ether oxygens (including phenoxy) is 1. The number of carbonyl (C=O) groups is 1. The smallest absolute Gasteiger partial charge is 0.236 e. The van der Waals surface area contributed by atoms with E-state index in [1.165, 1.54) is 0 Å². The lowest BCUT2D eigenvalue weighted by Gasteiger charge is -2.15. The summed E-state index contributed by atoms with van der Waals surface area (Å²) in [5.41, 5.74) is 0.443. The fraction of sp³-hybridized carbons (Fsp3) is 0.267. The molecule has 3 rings (SSSR count). The minimum absolute atomic E-state index is 0.0526. The lowest BCUT2D eigenvalue weighted by Crippen LogP contribution is -2.28. The highest BCUT2D eigenvalue weighted by atomic mass is 79.9. The lowest BCUT2D eigenvalue weighted by atomic mass is 9.97. The lowest BCUT2D eigenvalue weighted by molar-refractivity contribution is -0.118. The van der Waals surface area contributed by atoms with Crippen LogP contribution in [0.5, 0.6) is 5.75 Å². The van der Waals surface area contributed by atoms with Gasteiger partial charge in [-0.1, -0.05) is 0 Å². The van der Waals surface area contributed by atoms with Gasteiger partial charge in [0.1, 0.15) is 11.6 Å². The number of carbonyl (C=O) groups excluding carboxylic acids is 1. The number of aromatic nitrogens is 2. The molecule has 0 atom stereocenters. The maximum Gasteiger partial charge on any atom is 0.236 e. The average Bonchev–Trinajstić information content (AvgIpc) is 3.29. The molecule has 0 aromatic carbocycles. The van der Waals surface area contributed by atoms with E-state index in [-0.39, 0.29) is 5.91 Å². The molecule has 0 aliphatic heterocycles. The number of rotatable bonds is 4. The van der Waals surface area contributed by atoms with E-state index in [2.05, 4.69) is 31.2 Å². The summed E-state index contributed by atoms with van der Waals surface area (Å²) in [6.45, 7) is 0. The van der Waals surface area contributed by atoms with Gasteiger partial charge in [0.15, 0.2) is 0 Å². The third-order valence-electron chi connectivity index (χ3n) is 3.65. The summed E-state index contributed by atoms with van der Waals surface area (Å²) < 4.78 is 6.00. The van der Waals surface area contributed by atoms with Gasteiger partial charge in [0.2, 0.25) is 5.91 Å². The van der Waals surface area contributed by atoms with E-state index in [4.69, 9.17) is 4.74 Å². The molecule has 0 saturated heterocycles. The zero-order valence-corrected chi connectivity index (χ0v) is 13.1. The van der Waals surface area contributed by atoms with Gasteiger partial charge in [-0.2, -0.15) is 0 Å². The predicted octanol–water partition coefficient (Wildman–Crippen LogP) is 2.92. The van der Waals surface area contributed by atoms with Crippen molar-refractivity contribution in [3.8, 4) is 5.75 Å². The Morgan fingerprint density at radius 2 is 2.19 bits per heavy atom. The summed E-state index contributed by atoms with van der Waals surface area (Å²) in [6.07, 6.45) is 6.70. The first-order valence-electron chi connectivity index (χ1n) is 6.56. The van der Waals surface area contributed by atoms with Crippen molar-refractivity contribution in [2.24, 2.45) is 0 Å². The Hall–Kier alpha value is -1.95. The van der Waals surface area contributed by atoms with Crippen LogP contribution in [0.15, 0.2) is 41.3 Å². The predicted molar refractivity (Wildman–Crippen MR) is 82.3 cm³/mol. The molecule has 1 amide bonds. The number of hydrogen-bond acceptors (Lipinski definition) is 4. The Kier molecular flexibility index (Phi) is 3.63. The SMILES string of the molecule is COc1ccnc(NC(=O)C2(c3cncc(Br)c3)CC2)c1. The van der Waals surface area contributed by atoms with E-state index in [1.807, 2.05) is 6.07 Å². The van der Waals surface area contributed by atoms with Crippen LogP contribution in [-0.4, -0.2) is 23.0 Å². The molecule has 0 unspecified atom stereocenters. The van der Waals surface area contributed by atoms with Crippen molar-refractivity contribution in [3.63, 3.8) is 0 Å². The van der Waals surface area contributed by atoms with E-state index in [1.54, 1.807) is 37.8 Å². The topological polar surface area (TPSA) is 64.1 Å². The van der Waals surface area contributed by atoms with Crippen molar-refractivity contribution in [3.05, 3.63) is 46.8 Å². The summed E-state index contributed by atoms with van der Waals surface area (Å²) in [6, 6.07) is 5.38. The second kappa shape index (κ2) is 5.44. The number of pyridine rings is 2.